The van der Waals surface area contributed by atoms with E-state index in [2.05, 4.69) is 4.98 Å². The molecule has 0 aliphatic carbocycles. The molecule has 1 aliphatic heterocycles. The molecular weight excluding hydrogens is 449 g/mol. The van der Waals surface area contributed by atoms with Crippen molar-refractivity contribution in [1.29, 1.82) is 0 Å². The number of nitrogens with zero attached hydrogens (tertiary/aromatic N) is 4. The lowest BCUT2D eigenvalue weighted by molar-refractivity contribution is -0.141. The van der Waals surface area contributed by atoms with Gasteiger partial charge in [-0.05, 0) is 51.2 Å². The Morgan fingerprint density at radius 3 is 2.68 bits per heavy atom. The number of imidazole rings is 1. The number of fused-ring (bicyclic) bond motifs is 2. The van der Waals surface area contributed by atoms with Gasteiger partial charge < -0.3 is 19.3 Å². The van der Waals surface area contributed by atoms with Gasteiger partial charge in [0.05, 0.1) is 24.1 Å². The van der Waals surface area contributed by atoms with Gasteiger partial charge in [0.25, 0.3) is 5.91 Å². The fraction of sp³-hybridized carbons (Fsp3) is 0.417. The fourth-order valence-corrected chi connectivity index (χ4v) is 4.02. The van der Waals surface area contributed by atoms with Gasteiger partial charge in [-0.2, -0.15) is 13.2 Å². The van der Waals surface area contributed by atoms with E-state index in [9.17, 15) is 18.0 Å². The summed E-state index contributed by atoms with van der Waals surface area (Å²) in [5.41, 5.74) is 3.12. The van der Waals surface area contributed by atoms with E-state index in [-0.39, 0.29) is 24.5 Å². The molecule has 0 fully saturated rings. The molecule has 0 radical (unpaired) electrons. The minimum Gasteiger partial charge on any atom is -0.493 e. The van der Waals surface area contributed by atoms with E-state index in [4.69, 9.17) is 9.47 Å². The molecule has 0 spiro atoms. The number of pyridine rings is 1. The van der Waals surface area contributed by atoms with Crippen molar-refractivity contribution in [2.75, 3.05) is 46.9 Å². The predicted octanol–water partition coefficient (Wildman–Crippen LogP) is 3.90. The lowest BCUT2D eigenvalue weighted by atomic mass is 9.94. The average molecular weight is 476 g/mol. The normalized spacial score (nSPS) is 14.1. The van der Waals surface area contributed by atoms with Crippen molar-refractivity contribution in [2.24, 2.45) is 0 Å². The van der Waals surface area contributed by atoms with Gasteiger partial charge in [-0.25, -0.2) is 4.98 Å². The van der Waals surface area contributed by atoms with Crippen LogP contribution >= 0.6 is 0 Å². The Morgan fingerprint density at radius 1 is 1.18 bits per heavy atom. The summed E-state index contributed by atoms with van der Waals surface area (Å²) in [7, 11) is 3.95. The van der Waals surface area contributed by atoms with Crippen LogP contribution in [0, 0.1) is 0 Å². The Bertz CT molecular complexity index is 1190. The zero-order valence-corrected chi connectivity index (χ0v) is 19.4. The van der Waals surface area contributed by atoms with Crippen LogP contribution in [0.15, 0.2) is 36.7 Å². The Hall–Kier alpha value is -3.27. The lowest BCUT2D eigenvalue weighted by Gasteiger charge is -2.30. The second-order valence-electron chi connectivity index (χ2n) is 8.42. The Labute approximate surface area is 195 Å². The Morgan fingerprint density at radius 2 is 1.97 bits per heavy atom. The van der Waals surface area contributed by atoms with Gasteiger partial charge in [0.1, 0.15) is 30.3 Å². The van der Waals surface area contributed by atoms with Crippen LogP contribution < -0.4 is 9.47 Å². The summed E-state index contributed by atoms with van der Waals surface area (Å²) in [6.45, 7) is 2.12. The van der Waals surface area contributed by atoms with E-state index in [1.54, 1.807) is 19.2 Å². The van der Waals surface area contributed by atoms with Crippen LogP contribution in [0.25, 0.3) is 16.9 Å². The molecule has 1 aromatic carbocycles. The van der Waals surface area contributed by atoms with E-state index in [0.29, 0.717) is 30.0 Å². The average Bonchev–Trinajstić information content (AvgIpc) is 3.18. The molecule has 1 aliphatic rings. The van der Waals surface area contributed by atoms with E-state index in [1.807, 2.05) is 47.8 Å². The van der Waals surface area contributed by atoms with Crippen LogP contribution in [-0.4, -0.2) is 78.2 Å². The minimum absolute atomic E-state index is 0.00115. The molecule has 4 rings (SSSR count). The van der Waals surface area contributed by atoms with Crippen molar-refractivity contribution in [2.45, 2.75) is 19.5 Å². The van der Waals surface area contributed by atoms with Crippen LogP contribution in [0.3, 0.4) is 0 Å². The maximum atomic E-state index is 12.9. The first kappa shape index (κ1) is 23.9. The first-order chi connectivity index (χ1) is 16.2. The third kappa shape index (κ3) is 5.11. The standard InChI is InChI=1S/C24H27F3N4O3/c1-4-33-20-12-17(11-16-5-7-30(15-24(25,26)27)23(32)22(16)20)19-14-28-21-13-18(6-8-31(19)21)34-10-9-29(2)3/h6,8,11-14H,4-5,7,9-10,15H2,1-3H3. The van der Waals surface area contributed by atoms with Gasteiger partial charge in [0, 0.05) is 30.9 Å². The van der Waals surface area contributed by atoms with Crippen molar-refractivity contribution in [3.8, 4) is 22.8 Å². The lowest BCUT2D eigenvalue weighted by Crippen LogP contribution is -2.43. The van der Waals surface area contributed by atoms with Crippen molar-refractivity contribution in [3.05, 3.63) is 47.8 Å². The summed E-state index contributed by atoms with van der Waals surface area (Å²) in [4.78, 5) is 20.2. The molecule has 182 valence electrons. The molecule has 0 unspecified atom stereocenters. The summed E-state index contributed by atoms with van der Waals surface area (Å²) in [6, 6.07) is 7.24. The number of rotatable bonds is 8. The Balaban J connectivity index is 1.67. The molecule has 34 heavy (non-hydrogen) atoms. The van der Waals surface area contributed by atoms with Crippen LogP contribution in [0.4, 0.5) is 13.2 Å². The quantitative estimate of drug-likeness (QED) is 0.494. The molecule has 0 saturated carbocycles. The van der Waals surface area contributed by atoms with E-state index >= 15 is 0 Å². The summed E-state index contributed by atoms with van der Waals surface area (Å²) < 4.78 is 52.2. The number of hydrogen-bond donors (Lipinski definition) is 0. The van der Waals surface area contributed by atoms with Gasteiger partial charge >= 0.3 is 6.18 Å². The largest absolute Gasteiger partial charge is 0.493 e. The number of ether oxygens (including phenoxy) is 2. The SMILES string of the molecule is CCOc1cc(-c2cnc3cc(OCCN(C)C)ccn23)cc2c1C(=O)N(CC(F)(F)F)CC2. The summed E-state index contributed by atoms with van der Waals surface area (Å²) in [6.07, 6.45) is -0.564. The fourth-order valence-electron chi connectivity index (χ4n) is 4.02. The highest BCUT2D eigenvalue weighted by Gasteiger charge is 2.37. The van der Waals surface area contributed by atoms with Crippen LogP contribution in [0.1, 0.15) is 22.8 Å². The minimum atomic E-state index is -4.45. The highest BCUT2D eigenvalue weighted by molar-refractivity contribution is 6.00. The number of halogens is 3. The zero-order chi connectivity index (χ0) is 24.5. The molecule has 0 atom stereocenters. The topological polar surface area (TPSA) is 59.3 Å². The number of aromatic nitrogens is 2. The summed E-state index contributed by atoms with van der Waals surface area (Å²) in [5.74, 6) is 0.332. The zero-order valence-electron chi connectivity index (χ0n) is 19.4. The molecule has 10 heteroatoms. The highest BCUT2D eigenvalue weighted by atomic mass is 19.4. The number of benzene rings is 1. The predicted molar refractivity (Wildman–Crippen MR) is 122 cm³/mol. The molecular formula is C24H27F3N4O3. The van der Waals surface area contributed by atoms with Gasteiger partial charge in [-0.15, -0.1) is 0 Å². The van der Waals surface area contributed by atoms with Gasteiger partial charge in [-0.3, -0.25) is 9.20 Å². The monoisotopic (exact) mass is 476 g/mol. The number of amides is 1. The van der Waals surface area contributed by atoms with E-state index in [1.165, 1.54) is 0 Å². The van der Waals surface area contributed by atoms with Crippen molar-refractivity contribution >= 4 is 11.6 Å². The van der Waals surface area contributed by atoms with Gasteiger partial charge in [0.15, 0.2) is 0 Å². The number of likely N-dealkylation sites (N-methyl/N-ethyl adjacent to an activating group) is 1. The molecule has 3 heterocycles. The molecule has 0 saturated heterocycles. The molecule has 0 bridgehead atoms. The molecule has 0 N–H and O–H groups in total. The highest BCUT2D eigenvalue weighted by Crippen LogP contribution is 2.35. The van der Waals surface area contributed by atoms with Crippen molar-refractivity contribution < 1.29 is 27.4 Å². The van der Waals surface area contributed by atoms with E-state index < -0.39 is 18.6 Å². The summed E-state index contributed by atoms with van der Waals surface area (Å²) in [5, 5.41) is 0. The molecule has 1 amide bonds. The Kier molecular flexibility index (Phi) is 6.70. The van der Waals surface area contributed by atoms with Crippen LogP contribution in [0.5, 0.6) is 11.5 Å². The number of alkyl halides is 3. The number of hydrogen-bond acceptors (Lipinski definition) is 5. The maximum Gasteiger partial charge on any atom is 0.406 e. The number of carbonyl (C=O) groups excluding carboxylic acids is 1. The third-order valence-electron chi connectivity index (χ3n) is 5.59. The molecule has 3 aromatic rings. The second-order valence-corrected chi connectivity index (χ2v) is 8.42. The van der Waals surface area contributed by atoms with Crippen LogP contribution in [-0.2, 0) is 6.42 Å². The maximum absolute atomic E-state index is 12.9. The molecule has 2 aromatic heterocycles. The van der Waals surface area contributed by atoms with Gasteiger partial charge in [0.2, 0.25) is 0 Å². The van der Waals surface area contributed by atoms with Crippen molar-refractivity contribution in [1.82, 2.24) is 19.2 Å². The first-order valence-electron chi connectivity index (χ1n) is 11.1. The van der Waals surface area contributed by atoms with Gasteiger partial charge in [-0.1, -0.05) is 0 Å². The molecule has 7 nitrogen and oxygen atoms in total. The summed E-state index contributed by atoms with van der Waals surface area (Å²) >= 11 is 0. The van der Waals surface area contributed by atoms with Crippen LogP contribution in [0.2, 0.25) is 0 Å². The smallest absolute Gasteiger partial charge is 0.406 e. The van der Waals surface area contributed by atoms with E-state index in [0.717, 1.165) is 22.7 Å². The number of carbonyl (C=O) groups is 1. The second kappa shape index (κ2) is 9.54. The third-order valence-corrected chi connectivity index (χ3v) is 5.59. The van der Waals surface area contributed by atoms with Crippen molar-refractivity contribution in [3.63, 3.8) is 0 Å². The first-order valence-corrected chi connectivity index (χ1v) is 11.1.